The molecule has 0 saturated heterocycles. The second kappa shape index (κ2) is 9.36. The summed E-state index contributed by atoms with van der Waals surface area (Å²) in [4.78, 5) is 11.3. The molecule has 0 atom stereocenters. The monoisotopic (exact) mass is 593 g/mol. The van der Waals surface area contributed by atoms with E-state index in [0.717, 1.165) is 76.5 Å². The van der Waals surface area contributed by atoms with Crippen LogP contribution >= 0.6 is 11.3 Å². The predicted octanol–water partition coefficient (Wildman–Crippen LogP) is 11.2. The molecule has 0 saturated carbocycles. The largest absolute Gasteiger partial charge is 0.455 e. The van der Waals surface area contributed by atoms with Crippen molar-refractivity contribution in [3.05, 3.63) is 140 Å². The minimum absolute atomic E-state index is 0.714. The topological polar surface area (TPSA) is 43.9 Å². The van der Waals surface area contributed by atoms with Crippen LogP contribution in [0.1, 0.15) is 0 Å². The van der Waals surface area contributed by atoms with Gasteiger partial charge in [-0.25, -0.2) is 9.97 Å². The van der Waals surface area contributed by atoms with Gasteiger partial charge >= 0.3 is 0 Å². The molecule has 0 bridgehead atoms. The van der Waals surface area contributed by atoms with E-state index in [1.54, 1.807) is 11.3 Å². The lowest BCUT2D eigenvalue weighted by Gasteiger charge is -2.08. The number of nitrogens with zero attached hydrogens (tertiary/aromatic N) is 3. The van der Waals surface area contributed by atoms with Crippen molar-refractivity contribution in [2.45, 2.75) is 0 Å². The first kappa shape index (κ1) is 24.6. The summed E-state index contributed by atoms with van der Waals surface area (Å²) in [6, 6.07) is 48.7. The van der Waals surface area contributed by atoms with E-state index in [2.05, 4.69) is 126 Å². The molecule has 0 unspecified atom stereocenters. The molecule has 4 aromatic heterocycles. The van der Waals surface area contributed by atoms with E-state index in [9.17, 15) is 0 Å². The van der Waals surface area contributed by atoms with Gasteiger partial charge in [-0.2, -0.15) is 0 Å². The molecule has 6 aromatic carbocycles. The van der Waals surface area contributed by atoms with Crippen LogP contribution in [0.2, 0.25) is 0 Å². The summed E-state index contributed by atoms with van der Waals surface area (Å²) in [7, 11) is 0. The Bertz CT molecular complexity index is 2760. The van der Waals surface area contributed by atoms with Gasteiger partial charge in [0.1, 0.15) is 16.0 Å². The van der Waals surface area contributed by atoms with E-state index < -0.39 is 0 Å². The highest BCUT2D eigenvalue weighted by Crippen LogP contribution is 2.45. The smallest absolute Gasteiger partial charge is 0.161 e. The molecule has 0 N–H and O–H groups in total. The van der Waals surface area contributed by atoms with E-state index in [1.165, 1.54) is 10.1 Å². The third-order valence-corrected chi connectivity index (χ3v) is 9.91. The molecule has 0 spiro atoms. The Balaban J connectivity index is 1.33. The number of hydrogen-bond donors (Lipinski definition) is 0. The van der Waals surface area contributed by atoms with Gasteiger partial charge in [0.25, 0.3) is 0 Å². The highest BCUT2D eigenvalue weighted by Gasteiger charge is 2.23. The van der Waals surface area contributed by atoms with E-state index in [-0.39, 0.29) is 0 Å². The second-order valence-electron chi connectivity index (χ2n) is 11.3. The maximum atomic E-state index is 7.02. The molecule has 10 aromatic rings. The summed E-state index contributed by atoms with van der Waals surface area (Å²) in [5.41, 5.74) is 7.99. The van der Waals surface area contributed by atoms with Gasteiger partial charge in [0, 0.05) is 48.4 Å². The van der Waals surface area contributed by atoms with Crippen LogP contribution in [0.3, 0.4) is 0 Å². The Morgan fingerprint density at radius 1 is 0.511 bits per heavy atom. The third-order valence-electron chi connectivity index (χ3n) is 8.84. The van der Waals surface area contributed by atoms with Gasteiger partial charge in [0.15, 0.2) is 5.82 Å². The number of benzene rings is 6. The van der Waals surface area contributed by atoms with Crippen LogP contribution in [-0.4, -0.2) is 14.5 Å². The molecular weight excluding hydrogens is 571 g/mol. The lowest BCUT2D eigenvalue weighted by atomic mass is 10.0. The molecule has 0 radical (unpaired) electrons. The van der Waals surface area contributed by atoms with Gasteiger partial charge in [-0.3, -0.25) is 0 Å². The summed E-state index contributed by atoms with van der Waals surface area (Å²) in [5.74, 6) is 0.714. The molecular formula is C40H23N3OS. The van der Waals surface area contributed by atoms with Crippen LogP contribution in [0.15, 0.2) is 144 Å². The Hall–Kier alpha value is -5.78. The van der Waals surface area contributed by atoms with Crippen LogP contribution in [0.5, 0.6) is 0 Å². The van der Waals surface area contributed by atoms with Gasteiger partial charge < -0.3 is 8.98 Å². The number of para-hydroxylation sites is 3. The summed E-state index contributed by atoms with van der Waals surface area (Å²) < 4.78 is 10.5. The average Bonchev–Trinajstić information content (AvgIpc) is 3.78. The normalized spacial score (nSPS) is 12.0. The summed E-state index contributed by atoms with van der Waals surface area (Å²) in [6.07, 6.45) is 0. The third kappa shape index (κ3) is 3.53. The quantitative estimate of drug-likeness (QED) is 0.205. The standard InChI is InChI=1S/C40H23N3OS/c1-3-12-24(13-4-1)39-41-36(35-29-17-8-10-21-33(29)45-40(35)42-39)30-19-11-18-26-27-22-23-32-34(38(27)44-37(26)30)28-16-7-9-20-31(28)43(32)25-14-5-2-6-15-25/h1-23H. The summed E-state index contributed by atoms with van der Waals surface area (Å²) in [5, 5.41) is 6.69. The first-order valence-electron chi connectivity index (χ1n) is 15.0. The molecule has 0 aliphatic rings. The minimum Gasteiger partial charge on any atom is -0.455 e. The van der Waals surface area contributed by atoms with Crippen molar-refractivity contribution in [2.75, 3.05) is 0 Å². The fraction of sp³-hybridized carbons (Fsp3) is 0. The molecule has 5 heteroatoms. The van der Waals surface area contributed by atoms with Crippen molar-refractivity contribution >= 4 is 75.4 Å². The molecule has 4 heterocycles. The predicted molar refractivity (Wildman–Crippen MR) is 187 cm³/mol. The van der Waals surface area contributed by atoms with Crippen molar-refractivity contribution in [1.82, 2.24) is 14.5 Å². The van der Waals surface area contributed by atoms with E-state index >= 15 is 0 Å². The zero-order chi connectivity index (χ0) is 29.5. The number of thiophene rings is 1. The molecule has 0 aliphatic heterocycles. The van der Waals surface area contributed by atoms with E-state index in [4.69, 9.17) is 14.4 Å². The average molecular weight is 594 g/mol. The number of fused-ring (bicyclic) bond motifs is 10. The molecule has 0 fully saturated rings. The highest BCUT2D eigenvalue weighted by molar-refractivity contribution is 7.25. The highest BCUT2D eigenvalue weighted by atomic mass is 32.1. The fourth-order valence-electron chi connectivity index (χ4n) is 6.88. The minimum atomic E-state index is 0.714. The lowest BCUT2D eigenvalue weighted by molar-refractivity contribution is 0.674. The zero-order valence-electron chi connectivity index (χ0n) is 23.9. The maximum Gasteiger partial charge on any atom is 0.161 e. The van der Waals surface area contributed by atoms with E-state index in [0.29, 0.717) is 5.82 Å². The SMILES string of the molecule is c1ccc(-c2nc(-c3cccc4c3oc3c4ccc4c3c3ccccc3n4-c3ccccc3)c3c(n2)sc2ccccc23)cc1. The van der Waals surface area contributed by atoms with Crippen LogP contribution in [0.25, 0.3) is 92.4 Å². The van der Waals surface area contributed by atoms with Crippen LogP contribution in [-0.2, 0) is 0 Å². The number of rotatable bonds is 3. The number of aromatic nitrogens is 3. The van der Waals surface area contributed by atoms with Gasteiger partial charge in [-0.15, -0.1) is 11.3 Å². The summed E-state index contributed by atoms with van der Waals surface area (Å²) in [6.45, 7) is 0. The van der Waals surface area contributed by atoms with Crippen molar-refractivity contribution in [3.63, 3.8) is 0 Å². The van der Waals surface area contributed by atoms with Crippen molar-refractivity contribution in [1.29, 1.82) is 0 Å². The Labute approximate surface area is 261 Å². The van der Waals surface area contributed by atoms with Crippen molar-refractivity contribution in [2.24, 2.45) is 0 Å². The molecule has 45 heavy (non-hydrogen) atoms. The van der Waals surface area contributed by atoms with Crippen LogP contribution in [0, 0.1) is 0 Å². The molecule has 210 valence electrons. The van der Waals surface area contributed by atoms with Gasteiger partial charge in [-0.05, 0) is 42.5 Å². The number of furan rings is 1. The number of hydrogen-bond acceptors (Lipinski definition) is 4. The van der Waals surface area contributed by atoms with Crippen molar-refractivity contribution < 1.29 is 4.42 Å². The summed E-state index contributed by atoms with van der Waals surface area (Å²) >= 11 is 1.71. The van der Waals surface area contributed by atoms with E-state index in [1.807, 2.05) is 18.2 Å². The first-order chi connectivity index (χ1) is 22.3. The van der Waals surface area contributed by atoms with Gasteiger partial charge in [0.2, 0.25) is 0 Å². The van der Waals surface area contributed by atoms with Crippen LogP contribution < -0.4 is 0 Å². The Kier molecular flexibility index (Phi) is 5.12. The maximum absolute atomic E-state index is 7.02. The first-order valence-corrected chi connectivity index (χ1v) is 15.8. The van der Waals surface area contributed by atoms with Crippen molar-refractivity contribution in [3.8, 4) is 28.3 Å². The molecule has 10 rings (SSSR count). The lowest BCUT2D eigenvalue weighted by Crippen LogP contribution is -1.93. The molecule has 4 nitrogen and oxygen atoms in total. The Morgan fingerprint density at radius 3 is 2.09 bits per heavy atom. The Morgan fingerprint density at radius 2 is 1.22 bits per heavy atom. The molecule has 0 aliphatic carbocycles. The fourth-order valence-corrected chi connectivity index (χ4v) is 7.96. The van der Waals surface area contributed by atoms with Gasteiger partial charge in [0.05, 0.1) is 22.1 Å². The zero-order valence-corrected chi connectivity index (χ0v) is 24.8. The second-order valence-corrected chi connectivity index (χ2v) is 12.4. The van der Waals surface area contributed by atoms with Gasteiger partial charge in [-0.1, -0.05) is 97.1 Å². The van der Waals surface area contributed by atoms with Crippen LogP contribution in [0.4, 0.5) is 0 Å². The molecule has 0 amide bonds.